The van der Waals surface area contributed by atoms with Crippen LogP contribution in [0.4, 0.5) is 0 Å². The van der Waals surface area contributed by atoms with Crippen molar-refractivity contribution in [1.82, 2.24) is 0 Å². The van der Waals surface area contributed by atoms with E-state index in [1.165, 1.54) is 9.75 Å². The van der Waals surface area contributed by atoms with Gasteiger partial charge in [-0.15, -0.1) is 22.7 Å². The number of aryl methyl sites for hydroxylation is 1. The predicted octanol–water partition coefficient (Wildman–Crippen LogP) is 3.24. The van der Waals surface area contributed by atoms with Crippen molar-refractivity contribution in [2.45, 2.75) is 31.3 Å². The lowest BCUT2D eigenvalue weighted by molar-refractivity contribution is 0.134. The second-order valence-electron chi connectivity index (χ2n) is 4.40. The van der Waals surface area contributed by atoms with Crippen molar-refractivity contribution in [3.8, 4) is 0 Å². The summed E-state index contributed by atoms with van der Waals surface area (Å²) in [7, 11) is 0. The number of aliphatic hydroxyl groups is 1. The molecule has 0 fully saturated rings. The minimum Gasteiger partial charge on any atom is -0.392 e. The molecule has 3 N–H and O–H groups in total. The zero-order chi connectivity index (χ0) is 12.8. The van der Waals surface area contributed by atoms with E-state index < -0.39 is 0 Å². The van der Waals surface area contributed by atoms with Crippen molar-refractivity contribution >= 4 is 22.7 Å². The molecule has 2 rings (SSSR count). The molecule has 2 aromatic heterocycles. The summed E-state index contributed by atoms with van der Waals surface area (Å²) >= 11 is 3.46. The topological polar surface area (TPSA) is 46.2 Å². The average Bonchev–Trinajstić information content (AvgIpc) is 3.02. The fourth-order valence-corrected chi connectivity index (χ4v) is 3.76. The second-order valence-corrected chi connectivity index (χ2v) is 6.41. The quantitative estimate of drug-likeness (QED) is 0.818. The Hall–Kier alpha value is -0.680. The van der Waals surface area contributed by atoms with Gasteiger partial charge in [0.25, 0.3) is 0 Å². The molecular weight excluding hydrogens is 262 g/mol. The highest BCUT2D eigenvalue weighted by molar-refractivity contribution is 7.10. The van der Waals surface area contributed by atoms with E-state index in [9.17, 15) is 5.11 Å². The van der Waals surface area contributed by atoms with Gasteiger partial charge in [0.1, 0.15) is 0 Å². The van der Waals surface area contributed by atoms with E-state index in [1.807, 2.05) is 11.4 Å². The van der Waals surface area contributed by atoms with Crippen LogP contribution >= 0.6 is 22.7 Å². The van der Waals surface area contributed by atoms with Crippen LogP contribution in [0.15, 0.2) is 35.0 Å². The second kappa shape index (κ2) is 7.04. The maximum atomic E-state index is 10.2. The molecule has 0 amide bonds. The standard InChI is InChI=1S/C14H19NOS2/c15-10-12(14-7-3-9-18-14)13(16)6-1-4-11-5-2-8-17-11/h2-3,5,7-9,12-13,16H,1,4,6,10,15H2. The molecule has 0 radical (unpaired) electrons. The van der Waals surface area contributed by atoms with E-state index in [1.54, 1.807) is 22.7 Å². The van der Waals surface area contributed by atoms with Gasteiger partial charge in [0.2, 0.25) is 0 Å². The van der Waals surface area contributed by atoms with Crippen molar-refractivity contribution in [2.24, 2.45) is 5.73 Å². The zero-order valence-electron chi connectivity index (χ0n) is 10.3. The Labute approximate surface area is 116 Å². The molecule has 2 unspecified atom stereocenters. The third-order valence-corrected chi connectivity index (χ3v) is 5.07. The van der Waals surface area contributed by atoms with Crippen LogP contribution in [-0.4, -0.2) is 17.8 Å². The van der Waals surface area contributed by atoms with E-state index in [2.05, 4.69) is 23.6 Å². The van der Waals surface area contributed by atoms with Crippen LogP contribution in [0.25, 0.3) is 0 Å². The molecule has 2 heterocycles. The minimum absolute atomic E-state index is 0.0911. The van der Waals surface area contributed by atoms with Gasteiger partial charge in [-0.3, -0.25) is 0 Å². The molecule has 4 heteroatoms. The monoisotopic (exact) mass is 281 g/mol. The van der Waals surface area contributed by atoms with Crippen LogP contribution in [0.5, 0.6) is 0 Å². The first kappa shape index (κ1) is 13.7. The Morgan fingerprint density at radius 2 is 1.94 bits per heavy atom. The summed E-state index contributed by atoms with van der Waals surface area (Å²) in [4.78, 5) is 2.59. The smallest absolute Gasteiger partial charge is 0.0628 e. The van der Waals surface area contributed by atoms with Crippen molar-refractivity contribution in [1.29, 1.82) is 0 Å². The largest absolute Gasteiger partial charge is 0.392 e. The van der Waals surface area contributed by atoms with Crippen LogP contribution in [0.2, 0.25) is 0 Å². The van der Waals surface area contributed by atoms with Crippen LogP contribution in [-0.2, 0) is 6.42 Å². The lowest BCUT2D eigenvalue weighted by Crippen LogP contribution is -2.25. The maximum absolute atomic E-state index is 10.2. The normalized spacial score (nSPS) is 14.6. The molecule has 2 aromatic rings. The highest BCUT2D eigenvalue weighted by atomic mass is 32.1. The Kier molecular flexibility index (Phi) is 5.38. The fourth-order valence-electron chi connectivity index (χ4n) is 2.11. The molecule has 0 saturated heterocycles. The van der Waals surface area contributed by atoms with Gasteiger partial charge >= 0.3 is 0 Å². The first-order valence-electron chi connectivity index (χ1n) is 6.25. The molecule has 2 nitrogen and oxygen atoms in total. The number of hydrogen-bond donors (Lipinski definition) is 2. The van der Waals surface area contributed by atoms with E-state index in [-0.39, 0.29) is 12.0 Å². The zero-order valence-corrected chi connectivity index (χ0v) is 11.9. The third kappa shape index (κ3) is 3.65. The van der Waals surface area contributed by atoms with Crippen molar-refractivity contribution in [3.05, 3.63) is 44.8 Å². The van der Waals surface area contributed by atoms with Crippen molar-refractivity contribution in [3.63, 3.8) is 0 Å². The maximum Gasteiger partial charge on any atom is 0.0628 e. The molecule has 98 valence electrons. The molecule has 0 saturated carbocycles. The Balaban J connectivity index is 1.81. The van der Waals surface area contributed by atoms with Crippen LogP contribution < -0.4 is 5.73 Å². The molecule has 18 heavy (non-hydrogen) atoms. The fraction of sp³-hybridized carbons (Fsp3) is 0.429. The first-order chi connectivity index (χ1) is 8.81. The van der Waals surface area contributed by atoms with Crippen LogP contribution in [0.1, 0.15) is 28.5 Å². The molecule has 0 aromatic carbocycles. The molecule has 2 atom stereocenters. The Bertz CT molecular complexity index is 425. The van der Waals surface area contributed by atoms with Gasteiger partial charge < -0.3 is 10.8 Å². The number of nitrogens with two attached hydrogens (primary N) is 1. The summed E-state index contributed by atoms with van der Waals surface area (Å²) in [5.41, 5.74) is 5.78. The first-order valence-corrected chi connectivity index (χ1v) is 8.01. The lowest BCUT2D eigenvalue weighted by Gasteiger charge is -2.20. The predicted molar refractivity (Wildman–Crippen MR) is 79.4 cm³/mol. The van der Waals surface area contributed by atoms with E-state index >= 15 is 0 Å². The van der Waals surface area contributed by atoms with Crippen molar-refractivity contribution in [2.75, 3.05) is 6.54 Å². The van der Waals surface area contributed by atoms with Gasteiger partial charge in [0.15, 0.2) is 0 Å². The lowest BCUT2D eigenvalue weighted by atomic mass is 9.96. The molecule has 0 aliphatic rings. The summed E-state index contributed by atoms with van der Waals surface area (Å²) in [6.45, 7) is 0.515. The van der Waals surface area contributed by atoms with Gasteiger partial charge in [0.05, 0.1) is 6.10 Å². The number of rotatable bonds is 7. The number of aliphatic hydroxyl groups excluding tert-OH is 1. The summed E-state index contributed by atoms with van der Waals surface area (Å²) in [6, 6.07) is 8.30. The van der Waals surface area contributed by atoms with E-state index in [4.69, 9.17) is 5.73 Å². The molecule has 0 aliphatic heterocycles. The Morgan fingerprint density at radius 3 is 2.56 bits per heavy atom. The van der Waals surface area contributed by atoms with Gasteiger partial charge in [-0.05, 0) is 42.2 Å². The molecule has 0 spiro atoms. The van der Waals surface area contributed by atoms with Crippen LogP contribution in [0.3, 0.4) is 0 Å². The van der Waals surface area contributed by atoms with Crippen molar-refractivity contribution < 1.29 is 5.11 Å². The average molecular weight is 281 g/mol. The molecule has 0 bridgehead atoms. The number of thiophene rings is 2. The summed E-state index contributed by atoms with van der Waals surface area (Å²) in [5, 5.41) is 14.4. The van der Waals surface area contributed by atoms with Gasteiger partial charge in [0, 0.05) is 22.2 Å². The number of hydrogen-bond acceptors (Lipinski definition) is 4. The molecular formula is C14H19NOS2. The van der Waals surface area contributed by atoms with Gasteiger partial charge in [-0.25, -0.2) is 0 Å². The SMILES string of the molecule is NCC(c1cccs1)C(O)CCCc1cccs1. The van der Waals surface area contributed by atoms with E-state index in [0.29, 0.717) is 6.54 Å². The minimum atomic E-state index is -0.325. The van der Waals surface area contributed by atoms with Gasteiger partial charge in [-0.2, -0.15) is 0 Å². The van der Waals surface area contributed by atoms with E-state index in [0.717, 1.165) is 19.3 Å². The molecule has 0 aliphatic carbocycles. The summed E-state index contributed by atoms with van der Waals surface area (Å²) in [5.74, 6) is 0.0911. The Morgan fingerprint density at radius 1 is 1.17 bits per heavy atom. The van der Waals surface area contributed by atoms with Crippen LogP contribution in [0, 0.1) is 0 Å². The third-order valence-electron chi connectivity index (χ3n) is 3.13. The highest BCUT2D eigenvalue weighted by Crippen LogP contribution is 2.26. The highest BCUT2D eigenvalue weighted by Gasteiger charge is 2.20. The van der Waals surface area contributed by atoms with Gasteiger partial charge in [-0.1, -0.05) is 12.1 Å². The summed E-state index contributed by atoms with van der Waals surface area (Å²) < 4.78 is 0. The summed E-state index contributed by atoms with van der Waals surface area (Å²) in [6.07, 6.45) is 2.56.